The van der Waals surface area contributed by atoms with E-state index >= 15 is 0 Å². The van der Waals surface area contributed by atoms with Crippen molar-refractivity contribution in [3.63, 3.8) is 0 Å². The van der Waals surface area contributed by atoms with Crippen molar-refractivity contribution in [3.05, 3.63) is 40.2 Å². The maximum Gasteiger partial charge on any atom is 0.256 e. The van der Waals surface area contributed by atoms with Crippen molar-refractivity contribution in [1.29, 1.82) is 0 Å². The number of nitrogen functional groups attached to an aromatic ring is 1. The van der Waals surface area contributed by atoms with Gasteiger partial charge in [-0.3, -0.25) is 9.59 Å². The lowest BCUT2D eigenvalue weighted by atomic mass is 10.1. The first-order valence-electron chi connectivity index (χ1n) is 8.77. The number of pyridine rings is 1. The van der Waals surface area contributed by atoms with E-state index in [1.54, 1.807) is 12.3 Å². The van der Waals surface area contributed by atoms with Gasteiger partial charge in [0.15, 0.2) is 0 Å². The Balaban J connectivity index is 2.19. The molecule has 0 bridgehead atoms. The summed E-state index contributed by atoms with van der Waals surface area (Å²) in [6.07, 6.45) is 7.04. The highest BCUT2D eigenvalue weighted by molar-refractivity contribution is 6.00. The number of carbonyl (C=O) groups excluding carboxylic acids is 1. The second-order valence-corrected chi connectivity index (χ2v) is 6.74. The third-order valence-electron chi connectivity index (χ3n) is 5.05. The molecule has 1 unspecified atom stereocenters. The quantitative estimate of drug-likeness (QED) is 0.846. The Morgan fingerprint density at radius 1 is 1.38 bits per heavy atom. The second-order valence-electron chi connectivity index (χ2n) is 6.74. The van der Waals surface area contributed by atoms with E-state index in [2.05, 4.69) is 9.88 Å². The topological polar surface area (TPSA) is 77.1 Å². The van der Waals surface area contributed by atoms with Gasteiger partial charge in [-0.15, -0.1) is 0 Å². The highest BCUT2D eigenvalue weighted by atomic mass is 16.2. The normalized spacial score (nSPS) is 16.4. The fourth-order valence-electron chi connectivity index (χ4n) is 3.47. The predicted molar refractivity (Wildman–Crippen MR) is 97.3 cm³/mol. The largest absolute Gasteiger partial charge is 0.398 e. The van der Waals surface area contributed by atoms with E-state index in [4.69, 9.17) is 5.73 Å². The Morgan fingerprint density at radius 2 is 2.08 bits per heavy atom. The third kappa shape index (κ3) is 2.90. The zero-order valence-electron chi connectivity index (χ0n) is 14.3. The summed E-state index contributed by atoms with van der Waals surface area (Å²) in [7, 11) is 0. The van der Waals surface area contributed by atoms with Crippen LogP contribution in [0.2, 0.25) is 0 Å². The average molecular weight is 327 g/mol. The van der Waals surface area contributed by atoms with Crippen molar-refractivity contribution in [1.82, 2.24) is 9.88 Å². The van der Waals surface area contributed by atoms with Gasteiger partial charge in [-0.25, -0.2) is 0 Å². The number of fused-ring (bicyclic) bond motifs is 1. The summed E-state index contributed by atoms with van der Waals surface area (Å²) in [6.45, 7) is 3.93. The minimum Gasteiger partial charge on any atom is -0.398 e. The number of rotatable bonds is 4. The summed E-state index contributed by atoms with van der Waals surface area (Å²) in [4.78, 5) is 25.5. The number of carbonyl (C=O) groups is 1. The van der Waals surface area contributed by atoms with E-state index in [1.807, 2.05) is 26.0 Å². The Bertz CT molecular complexity index is 819. The van der Waals surface area contributed by atoms with Crippen molar-refractivity contribution in [2.24, 2.45) is 0 Å². The summed E-state index contributed by atoms with van der Waals surface area (Å²) >= 11 is 0. The van der Waals surface area contributed by atoms with Crippen LogP contribution in [0.25, 0.3) is 10.9 Å². The highest BCUT2D eigenvalue weighted by Crippen LogP contribution is 2.32. The molecule has 1 aromatic carbocycles. The van der Waals surface area contributed by atoms with Crippen LogP contribution in [0.15, 0.2) is 29.2 Å². The number of hydrogen-bond acceptors (Lipinski definition) is 3. The molecule has 5 heteroatoms. The zero-order chi connectivity index (χ0) is 17.3. The molecular weight excluding hydrogens is 302 g/mol. The molecule has 0 aliphatic heterocycles. The lowest BCUT2D eigenvalue weighted by molar-refractivity contribution is 0.0937. The number of nitrogens with zero attached hydrogens (tertiary/aromatic N) is 1. The maximum atomic E-state index is 12.9. The first kappa shape index (κ1) is 16.6. The molecule has 0 radical (unpaired) electrons. The van der Waals surface area contributed by atoms with E-state index in [0.717, 1.165) is 24.8 Å². The molecular formula is C19H25N3O2. The molecule has 3 N–H and O–H groups in total. The molecule has 3 rings (SSSR count). The molecule has 1 aromatic heterocycles. The van der Waals surface area contributed by atoms with Crippen molar-refractivity contribution in [2.45, 2.75) is 58.0 Å². The molecule has 2 aromatic rings. The van der Waals surface area contributed by atoms with Gasteiger partial charge in [0.1, 0.15) is 5.56 Å². The summed E-state index contributed by atoms with van der Waals surface area (Å²) < 4.78 is 2.09. The van der Waals surface area contributed by atoms with Crippen molar-refractivity contribution >= 4 is 22.5 Å². The zero-order valence-corrected chi connectivity index (χ0v) is 14.3. The van der Waals surface area contributed by atoms with E-state index in [0.29, 0.717) is 17.1 Å². The fourth-order valence-corrected chi connectivity index (χ4v) is 3.47. The number of anilines is 1. The van der Waals surface area contributed by atoms with Gasteiger partial charge in [0.2, 0.25) is 5.43 Å². The lowest BCUT2D eigenvalue weighted by Gasteiger charge is -2.20. The van der Waals surface area contributed by atoms with Crippen LogP contribution in [0.1, 0.15) is 62.4 Å². The smallest absolute Gasteiger partial charge is 0.256 e. The summed E-state index contributed by atoms with van der Waals surface area (Å²) in [5.41, 5.74) is 7.24. The van der Waals surface area contributed by atoms with Crippen LogP contribution < -0.4 is 16.5 Å². The molecule has 1 aliphatic carbocycles. The molecule has 24 heavy (non-hydrogen) atoms. The molecule has 1 atom stereocenters. The van der Waals surface area contributed by atoms with Gasteiger partial charge in [-0.2, -0.15) is 0 Å². The van der Waals surface area contributed by atoms with Gasteiger partial charge in [0, 0.05) is 24.0 Å². The van der Waals surface area contributed by atoms with E-state index < -0.39 is 0 Å². The average Bonchev–Trinajstić information content (AvgIpc) is 3.09. The lowest BCUT2D eigenvalue weighted by Crippen LogP contribution is -2.36. The molecule has 5 nitrogen and oxygen atoms in total. The molecule has 1 fully saturated rings. The Kier molecular flexibility index (Phi) is 4.60. The van der Waals surface area contributed by atoms with Crippen LogP contribution in [0.4, 0.5) is 5.69 Å². The molecule has 128 valence electrons. The van der Waals surface area contributed by atoms with Gasteiger partial charge in [-0.1, -0.05) is 25.8 Å². The molecule has 1 heterocycles. The second kappa shape index (κ2) is 6.67. The Morgan fingerprint density at radius 3 is 2.75 bits per heavy atom. The van der Waals surface area contributed by atoms with Crippen LogP contribution in [0, 0.1) is 0 Å². The maximum absolute atomic E-state index is 12.9. The Hall–Kier alpha value is -2.30. The van der Waals surface area contributed by atoms with Crippen LogP contribution in [-0.2, 0) is 0 Å². The monoisotopic (exact) mass is 327 g/mol. The number of nitrogens with two attached hydrogens (primary N) is 1. The number of hydrogen-bond donors (Lipinski definition) is 2. The number of benzene rings is 1. The summed E-state index contributed by atoms with van der Waals surface area (Å²) in [6, 6.07) is 5.85. The SMILES string of the molecule is CCC(C)NC(=O)c1cn(C2CCCC2)c2cccc(N)c2c1=O. The summed E-state index contributed by atoms with van der Waals surface area (Å²) in [5.74, 6) is -0.314. The molecule has 0 spiro atoms. The van der Waals surface area contributed by atoms with E-state index in [9.17, 15) is 9.59 Å². The minimum atomic E-state index is -0.314. The first-order valence-corrected chi connectivity index (χ1v) is 8.77. The number of nitrogens with one attached hydrogen (secondary N) is 1. The van der Waals surface area contributed by atoms with Crippen LogP contribution >= 0.6 is 0 Å². The van der Waals surface area contributed by atoms with E-state index in [-0.39, 0.29) is 22.9 Å². The molecule has 1 amide bonds. The number of amides is 1. The molecule has 0 saturated heterocycles. The van der Waals surface area contributed by atoms with Gasteiger partial charge >= 0.3 is 0 Å². The third-order valence-corrected chi connectivity index (χ3v) is 5.05. The Labute approximate surface area is 141 Å². The standard InChI is InChI=1S/C19H25N3O2/c1-3-12(2)21-19(24)14-11-22(13-7-4-5-8-13)16-10-6-9-15(20)17(16)18(14)23/h6,9-13H,3-5,7-8,20H2,1-2H3,(H,21,24). The van der Waals surface area contributed by atoms with Gasteiger partial charge in [0.25, 0.3) is 5.91 Å². The van der Waals surface area contributed by atoms with Gasteiger partial charge in [-0.05, 0) is 38.3 Å². The molecule has 1 saturated carbocycles. The summed E-state index contributed by atoms with van der Waals surface area (Å²) in [5, 5.41) is 3.36. The fraction of sp³-hybridized carbons (Fsp3) is 0.474. The predicted octanol–water partition coefficient (Wildman–Crippen LogP) is 3.23. The van der Waals surface area contributed by atoms with Crippen molar-refractivity contribution in [2.75, 3.05) is 5.73 Å². The van der Waals surface area contributed by atoms with Gasteiger partial charge in [0.05, 0.1) is 10.9 Å². The number of aromatic nitrogens is 1. The van der Waals surface area contributed by atoms with Crippen LogP contribution in [0.3, 0.4) is 0 Å². The highest BCUT2D eigenvalue weighted by Gasteiger charge is 2.23. The van der Waals surface area contributed by atoms with Crippen LogP contribution in [0.5, 0.6) is 0 Å². The van der Waals surface area contributed by atoms with Crippen LogP contribution in [-0.4, -0.2) is 16.5 Å². The van der Waals surface area contributed by atoms with E-state index in [1.165, 1.54) is 12.8 Å². The minimum absolute atomic E-state index is 0.0284. The van der Waals surface area contributed by atoms with Crippen molar-refractivity contribution < 1.29 is 4.79 Å². The van der Waals surface area contributed by atoms with Crippen molar-refractivity contribution in [3.8, 4) is 0 Å². The first-order chi connectivity index (χ1) is 11.5. The molecule has 1 aliphatic rings. The van der Waals surface area contributed by atoms with Gasteiger partial charge < -0.3 is 15.6 Å².